The third kappa shape index (κ3) is 2.00. The van der Waals surface area contributed by atoms with E-state index in [1.165, 1.54) is 6.42 Å². The molecule has 4 aliphatic rings. The van der Waals surface area contributed by atoms with Crippen LogP contribution in [0, 0.1) is 40.4 Å². The molecule has 3 heteroatoms. The minimum Gasteiger partial charge on any atom is -0.393 e. The number of Topliss-reactive ketones (excluding diaryl/α,β-unsaturated/α-hetero) is 2. The second-order valence-corrected chi connectivity index (χ2v) is 9.72. The van der Waals surface area contributed by atoms with Crippen LogP contribution in [0.4, 0.5) is 0 Å². The van der Waals surface area contributed by atoms with Crippen molar-refractivity contribution in [1.82, 2.24) is 0 Å². The Balaban J connectivity index is 1.73. The van der Waals surface area contributed by atoms with Gasteiger partial charge < -0.3 is 5.11 Å². The molecule has 1 N–H and O–H groups in total. The predicted molar refractivity (Wildman–Crippen MR) is 92.3 cm³/mol. The van der Waals surface area contributed by atoms with Crippen LogP contribution in [0.25, 0.3) is 0 Å². The smallest absolute Gasteiger partial charge is 0.137 e. The molecule has 0 bridgehead atoms. The fourth-order valence-corrected chi connectivity index (χ4v) is 7.78. The molecule has 0 heterocycles. The maximum atomic E-state index is 13.3. The van der Waals surface area contributed by atoms with Gasteiger partial charge in [-0.1, -0.05) is 20.3 Å². The molecular formula is C21H32O3. The first kappa shape index (κ1) is 16.8. The van der Waals surface area contributed by atoms with Gasteiger partial charge in [0, 0.05) is 23.7 Å². The van der Waals surface area contributed by atoms with Crippen molar-refractivity contribution in [1.29, 1.82) is 0 Å². The van der Waals surface area contributed by atoms with Crippen molar-refractivity contribution < 1.29 is 14.7 Å². The summed E-state index contributed by atoms with van der Waals surface area (Å²) in [5, 5.41) is 10.9. The van der Waals surface area contributed by atoms with Crippen molar-refractivity contribution in [2.75, 3.05) is 0 Å². The van der Waals surface area contributed by atoms with Crippen LogP contribution in [0.5, 0.6) is 0 Å². The normalized spacial score (nSPS) is 53.9. The first-order valence-electron chi connectivity index (χ1n) is 10.0. The van der Waals surface area contributed by atoms with E-state index in [9.17, 15) is 14.7 Å². The average molecular weight is 332 g/mol. The number of hydrogen-bond acceptors (Lipinski definition) is 3. The zero-order valence-corrected chi connectivity index (χ0v) is 15.4. The molecular weight excluding hydrogens is 300 g/mol. The third-order valence-electron chi connectivity index (χ3n) is 8.89. The Kier molecular flexibility index (Phi) is 3.77. The van der Waals surface area contributed by atoms with Crippen molar-refractivity contribution in [3.63, 3.8) is 0 Å². The van der Waals surface area contributed by atoms with Gasteiger partial charge in [0.25, 0.3) is 0 Å². The van der Waals surface area contributed by atoms with Crippen molar-refractivity contribution >= 4 is 11.6 Å². The lowest BCUT2D eigenvalue weighted by Gasteiger charge is -2.60. The molecule has 0 aromatic heterocycles. The maximum Gasteiger partial charge on any atom is 0.137 e. The van der Waals surface area contributed by atoms with Crippen molar-refractivity contribution in [3.05, 3.63) is 0 Å². The van der Waals surface area contributed by atoms with E-state index in [4.69, 9.17) is 0 Å². The molecule has 0 aromatic carbocycles. The van der Waals surface area contributed by atoms with Crippen molar-refractivity contribution in [2.45, 2.75) is 78.2 Å². The summed E-state index contributed by atoms with van der Waals surface area (Å²) in [6.07, 6.45) is 7.65. The van der Waals surface area contributed by atoms with Gasteiger partial charge in [0.2, 0.25) is 0 Å². The first-order valence-corrected chi connectivity index (χ1v) is 10.0. The van der Waals surface area contributed by atoms with E-state index >= 15 is 0 Å². The van der Waals surface area contributed by atoms with Gasteiger partial charge in [0.15, 0.2) is 0 Å². The van der Waals surface area contributed by atoms with Crippen LogP contribution < -0.4 is 0 Å². The van der Waals surface area contributed by atoms with E-state index in [1.54, 1.807) is 6.92 Å². The summed E-state index contributed by atoms with van der Waals surface area (Å²) in [5.74, 6) is 2.07. The zero-order valence-electron chi connectivity index (χ0n) is 15.4. The number of hydrogen-bond donors (Lipinski definition) is 1. The lowest BCUT2D eigenvalue weighted by Crippen LogP contribution is -2.61. The van der Waals surface area contributed by atoms with Crippen LogP contribution in [-0.2, 0) is 9.59 Å². The minimum absolute atomic E-state index is 0.0235. The Morgan fingerprint density at radius 3 is 2.54 bits per heavy atom. The lowest BCUT2D eigenvalue weighted by atomic mass is 9.43. The van der Waals surface area contributed by atoms with Crippen molar-refractivity contribution in [3.8, 4) is 0 Å². The molecule has 0 aromatic rings. The highest BCUT2D eigenvalue weighted by atomic mass is 16.3. The minimum atomic E-state index is -0.331. The second-order valence-electron chi connectivity index (χ2n) is 9.72. The Morgan fingerprint density at radius 2 is 1.83 bits per heavy atom. The van der Waals surface area contributed by atoms with E-state index in [0.717, 1.165) is 38.5 Å². The van der Waals surface area contributed by atoms with E-state index in [1.807, 2.05) is 0 Å². The average Bonchev–Trinajstić information content (AvgIpc) is 2.85. The number of ketones is 2. The van der Waals surface area contributed by atoms with Gasteiger partial charge in [-0.25, -0.2) is 0 Å². The summed E-state index contributed by atoms with van der Waals surface area (Å²) >= 11 is 0. The summed E-state index contributed by atoms with van der Waals surface area (Å²) in [6, 6.07) is 0. The van der Waals surface area contributed by atoms with Gasteiger partial charge in [0.05, 0.1) is 6.10 Å². The fraction of sp³-hybridized carbons (Fsp3) is 0.905. The van der Waals surface area contributed by atoms with Gasteiger partial charge in [-0.15, -0.1) is 0 Å². The van der Waals surface area contributed by atoms with Crippen LogP contribution in [-0.4, -0.2) is 22.8 Å². The molecule has 1 unspecified atom stereocenters. The number of fused-ring (bicyclic) bond motifs is 5. The number of carbonyl (C=O) groups is 2. The molecule has 0 spiro atoms. The summed E-state index contributed by atoms with van der Waals surface area (Å²) < 4.78 is 0. The zero-order chi connectivity index (χ0) is 17.3. The summed E-state index contributed by atoms with van der Waals surface area (Å²) in [5.41, 5.74) is -0.360. The number of aliphatic hydroxyl groups excluding tert-OH is 1. The largest absolute Gasteiger partial charge is 0.393 e. The quantitative estimate of drug-likeness (QED) is 0.795. The molecule has 0 aliphatic heterocycles. The Morgan fingerprint density at radius 1 is 1.08 bits per heavy atom. The summed E-state index contributed by atoms with van der Waals surface area (Å²) in [4.78, 5) is 25.5. The first-order chi connectivity index (χ1) is 11.3. The van der Waals surface area contributed by atoms with Crippen LogP contribution in [0.2, 0.25) is 0 Å². The molecule has 24 heavy (non-hydrogen) atoms. The van der Waals surface area contributed by atoms with E-state index < -0.39 is 0 Å². The third-order valence-corrected chi connectivity index (χ3v) is 8.89. The standard InChI is InChI=1S/C21H32O3/c1-12(22)15-9-10-16-14-8-7-13-5-4-6-18(24)21(13,3)19(14)17(23)11-20(15,16)2/h13-16,18-19,24H,4-11H2,1-3H3/t13-,14-,15+,16-,18?,19+,20+,21+/m0/s1. The topological polar surface area (TPSA) is 54.4 Å². The van der Waals surface area contributed by atoms with Crippen molar-refractivity contribution in [2.24, 2.45) is 40.4 Å². The van der Waals surface area contributed by atoms with E-state index in [0.29, 0.717) is 30.0 Å². The highest BCUT2D eigenvalue weighted by molar-refractivity contribution is 5.87. The van der Waals surface area contributed by atoms with Crippen LogP contribution >= 0.6 is 0 Å². The van der Waals surface area contributed by atoms with Gasteiger partial charge in [0.1, 0.15) is 11.6 Å². The summed E-state index contributed by atoms with van der Waals surface area (Å²) in [6.45, 7) is 6.12. The Bertz CT molecular complexity index is 569. The molecule has 0 amide bonds. The molecule has 4 aliphatic carbocycles. The maximum absolute atomic E-state index is 13.3. The molecule has 0 saturated heterocycles. The monoisotopic (exact) mass is 332 g/mol. The number of carbonyl (C=O) groups excluding carboxylic acids is 2. The highest BCUT2D eigenvalue weighted by Crippen LogP contribution is 2.66. The molecule has 0 radical (unpaired) electrons. The number of rotatable bonds is 1. The second kappa shape index (κ2) is 5.40. The molecule has 4 fully saturated rings. The SMILES string of the molecule is CC(=O)[C@H]1CC[C@H]2[C@@H]3CC[C@@H]4CCCC(O)[C@]4(C)[C@H]3C(=O)C[C@]12C. The molecule has 3 nitrogen and oxygen atoms in total. The van der Waals surface area contributed by atoms with Crippen LogP contribution in [0.3, 0.4) is 0 Å². The van der Waals surface area contributed by atoms with E-state index in [-0.39, 0.29) is 34.6 Å². The molecule has 8 atom stereocenters. The Labute approximate surface area is 145 Å². The summed E-state index contributed by atoms with van der Waals surface area (Å²) in [7, 11) is 0. The highest BCUT2D eigenvalue weighted by Gasteiger charge is 2.65. The predicted octanol–water partition coefficient (Wildman–Crippen LogP) is 3.77. The number of aliphatic hydroxyl groups is 1. The fourth-order valence-electron chi connectivity index (χ4n) is 7.78. The lowest BCUT2D eigenvalue weighted by molar-refractivity contribution is -0.176. The van der Waals surface area contributed by atoms with Crippen LogP contribution in [0.15, 0.2) is 0 Å². The molecule has 134 valence electrons. The molecule has 4 rings (SSSR count). The molecule has 4 saturated carbocycles. The van der Waals surface area contributed by atoms with E-state index in [2.05, 4.69) is 13.8 Å². The Hall–Kier alpha value is -0.700. The van der Waals surface area contributed by atoms with Gasteiger partial charge in [-0.3, -0.25) is 9.59 Å². The van der Waals surface area contributed by atoms with Gasteiger partial charge in [-0.05, 0) is 68.6 Å². The van der Waals surface area contributed by atoms with Crippen LogP contribution in [0.1, 0.15) is 72.1 Å². The van der Waals surface area contributed by atoms with Gasteiger partial charge in [-0.2, -0.15) is 0 Å². The van der Waals surface area contributed by atoms with Gasteiger partial charge >= 0.3 is 0 Å².